The highest BCUT2D eigenvalue weighted by Gasteiger charge is 2.35. The smallest absolute Gasteiger partial charge is 0.307 e. The Morgan fingerprint density at radius 3 is 2.52 bits per heavy atom. The second-order valence-corrected chi connectivity index (χ2v) is 7.33. The zero-order chi connectivity index (χ0) is 15.9. The molecule has 0 saturated heterocycles. The maximum absolute atomic E-state index is 13.8. The Balaban J connectivity index is 2.49. The molecule has 1 N–H and O–H groups in total. The van der Waals surface area contributed by atoms with E-state index in [9.17, 15) is 27.7 Å². The van der Waals surface area contributed by atoms with Crippen molar-refractivity contribution < 1.29 is 22.5 Å². The molecule has 2 atom stereocenters. The number of carbonyl (C=O) groups is 1. The van der Waals surface area contributed by atoms with Crippen LogP contribution in [-0.2, 0) is 9.05 Å². The van der Waals surface area contributed by atoms with Crippen molar-refractivity contribution >= 4 is 31.3 Å². The molecule has 0 radical (unpaired) electrons. The van der Waals surface area contributed by atoms with Gasteiger partial charge in [0.05, 0.1) is 4.92 Å². The van der Waals surface area contributed by atoms with Gasteiger partial charge in [0.15, 0.2) is 0 Å². The van der Waals surface area contributed by atoms with Crippen LogP contribution in [0.5, 0.6) is 0 Å². The summed E-state index contributed by atoms with van der Waals surface area (Å²) in [5.74, 6) is -2.03. The van der Waals surface area contributed by atoms with Crippen LogP contribution >= 0.6 is 10.7 Å². The van der Waals surface area contributed by atoms with E-state index in [-0.39, 0.29) is 17.5 Å². The van der Waals surface area contributed by atoms with E-state index in [4.69, 9.17) is 10.7 Å². The minimum absolute atomic E-state index is 0.0716. The molecule has 0 spiro atoms. The number of hydrogen-bond acceptors (Lipinski definition) is 5. The number of nitro groups is 1. The molecule has 10 heteroatoms. The van der Waals surface area contributed by atoms with Crippen molar-refractivity contribution in [1.29, 1.82) is 0 Å². The molecule has 0 aromatic heterocycles. The number of rotatable bonds is 4. The van der Waals surface area contributed by atoms with Gasteiger partial charge in [0, 0.05) is 28.4 Å². The Morgan fingerprint density at radius 2 is 2.10 bits per heavy atom. The summed E-state index contributed by atoms with van der Waals surface area (Å²) in [6, 6.07) is 1.30. The van der Waals surface area contributed by atoms with Gasteiger partial charge in [-0.2, -0.15) is 4.39 Å². The van der Waals surface area contributed by atoms with E-state index >= 15 is 0 Å². The number of amides is 1. The van der Waals surface area contributed by atoms with Crippen LogP contribution in [0.25, 0.3) is 0 Å². The monoisotopic (exact) mass is 336 g/mol. The Morgan fingerprint density at radius 1 is 1.52 bits per heavy atom. The summed E-state index contributed by atoms with van der Waals surface area (Å²) in [7, 11) is 0.480. The average Bonchev–Trinajstić information content (AvgIpc) is 3.02. The van der Waals surface area contributed by atoms with Crippen molar-refractivity contribution in [2.75, 3.05) is 0 Å². The van der Waals surface area contributed by atoms with Crippen molar-refractivity contribution in [3.05, 3.63) is 33.6 Å². The maximum Gasteiger partial charge on any atom is 0.307 e. The van der Waals surface area contributed by atoms with Gasteiger partial charge in [-0.15, -0.1) is 0 Å². The highest BCUT2D eigenvalue weighted by Crippen LogP contribution is 2.31. The maximum atomic E-state index is 13.8. The molecule has 1 aromatic carbocycles. The zero-order valence-corrected chi connectivity index (χ0v) is 12.2. The molecule has 0 heterocycles. The molecule has 21 heavy (non-hydrogen) atoms. The molecule has 2 rings (SSSR count). The van der Waals surface area contributed by atoms with Crippen LogP contribution in [0.1, 0.15) is 23.7 Å². The summed E-state index contributed by atoms with van der Waals surface area (Å²) in [6.45, 7) is 1.90. The molecule has 1 aliphatic rings. The van der Waals surface area contributed by atoms with Gasteiger partial charge in [-0.3, -0.25) is 14.9 Å². The third-order valence-corrected chi connectivity index (χ3v) is 4.49. The highest BCUT2D eigenvalue weighted by atomic mass is 35.7. The summed E-state index contributed by atoms with van der Waals surface area (Å²) < 4.78 is 36.3. The van der Waals surface area contributed by atoms with Crippen LogP contribution in [0.4, 0.5) is 10.1 Å². The van der Waals surface area contributed by atoms with E-state index in [1.54, 1.807) is 0 Å². The van der Waals surface area contributed by atoms with Crippen LogP contribution in [0, 0.1) is 21.8 Å². The van der Waals surface area contributed by atoms with Crippen molar-refractivity contribution in [2.24, 2.45) is 5.92 Å². The third kappa shape index (κ3) is 3.30. The lowest BCUT2D eigenvalue weighted by molar-refractivity contribution is -0.387. The first-order valence-electron chi connectivity index (χ1n) is 5.84. The van der Waals surface area contributed by atoms with Gasteiger partial charge >= 0.3 is 5.69 Å². The lowest BCUT2D eigenvalue weighted by atomic mass is 10.1. The summed E-state index contributed by atoms with van der Waals surface area (Å²) in [6.07, 6.45) is 0.760. The minimum Gasteiger partial charge on any atom is -0.349 e. The molecule has 1 amide bonds. The van der Waals surface area contributed by atoms with E-state index < -0.39 is 36.3 Å². The van der Waals surface area contributed by atoms with Crippen molar-refractivity contribution in [1.82, 2.24) is 5.32 Å². The van der Waals surface area contributed by atoms with Crippen LogP contribution < -0.4 is 5.32 Å². The number of carbonyl (C=O) groups excluding carboxylic acids is 1. The molecule has 0 aliphatic heterocycles. The van der Waals surface area contributed by atoms with E-state index in [0.717, 1.165) is 6.42 Å². The van der Waals surface area contributed by atoms with E-state index in [0.29, 0.717) is 12.1 Å². The number of halogens is 2. The van der Waals surface area contributed by atoms with E-state index in [2.05, 4.69) is 5.32 Å². The molecular weight excluding hydrogens is 327 g/mol. The first-order valence-corrected chi connectivity index (χ1v) is 8.15. The number of nitrogens with one attached hydrogen (secondary N) is 1. The standard InChI is InChI=1S/C11H10ClFN2O5S/c1-5-2-7(5)14-11(16)6-3-8(15(17)18)10(13)9(4-6)21(12,19)20/h3-5,7H,2H2,1H3,(H,14,16). The third-order valence-electron chi connectivity index (χ3n) is 3.17. The lowest BCUT2D eigenvalue weighted by Crippen LogP contribution is -2.27. The number of hydrogen-bond donors (Lipinski definition) is 1. The van der Waals surface area contributed by atoms with Crippen molar-refractivity contribution in [3.63, 3.8) is 0 Å². The van der Waals surface area contributed by atoms with Crippen molar-refractivity contribution in [3.8, 4) is 0 Å². The molecule has 1 saturated carbocycles. The lowest BCUT2D eigenvalue weighted by Gasteiger charge is -2.06. The van der Waals surface area contributed by atoms with Gasteiger partial charge in [0.1, 0.15) is 4.90 Å². The van der Waals surface area contributed by atoms with E-state index in [1.807, 2.05) is 6.92 Å². The number of nitrogens with zero attached hydrogens (tertiary/aromatic N) is 1. The number of benzene rings is 1. The fourth-order valence-corrected chi connectivity index (χ4v) is 2.72. The molecule has 7 nitrogen and oxygen atoms in total. The SMILES string of the molecule is CC1CC1NC(=O)c1cc([N+](=O)[O-])c(F)c(S(=O)(=O)Cl)c1. The van der Waals surface area contributed by atoms with Gasteiger partial charge in [0.2, 0.25) is 5.82 Å². The van der Waals surface area contributed by atoms with Crippen LogP contribution in [0.2, 0.25) is 0 Å². The molecule has 114 valence electrons. The molecule has 0 bridgehead atoms. The Labute approximate surface area is 123 Å². The predicted molar refractivity (Wildman–Crippen MR) is 71.1 cm³/mol. The quantitative estimate of drug-likeness (QED) is 0.512. The largest absolute Gasteiger partial charge is 0.349 e. The Bertz CT molecular complexity index is 736. The zero-order valence-electron chi connectivity index (χ0n) is 10.7. The Hall–Kier alpha value is -1.74. The average molecular weight is 337 g/mol. The molecular formula is C11H10ClFN2O5S. The topological polar surface area (TPSA) is 106 Å². The van der Waals surface area contributed by atoms with Crippen LogP contribution in [0.3, 0.4) is 0 Å². The van der Waals surface area contributed by atoms with Crippen molar-refractivity contribution in [2.45, 2.75) is 24.3 Å². The van der Waals surface area contributed by atoms with Crippen LogP contribution in [-0.4, -0.2) is 25.3 Å². The summed E-state index contributed by atoms with van der Waals surface area (Å²) >= 11 is 0. The molecule has 1 fully saturated rings. The summed E-state index contributed by atoms with van der Waals surface area (Å²) in [5, 5.41) is 13.3. The van der Waals surface area contributed by atoms with Gasteiger partial charge in [0.25, 0.3) is 15.0 Å². The number of nitro benzene ring substituents is 1. The van der Waals surface area contributed by atoms with Crippen LogP contribution in [0.15, 0.2) is 17.0 Å². The van der Waals surface area contributed by atoms with Gasteiger partial charge < -0.3 is 5.32 Å². The van der Waals surface area contributed by atoms with E-state index in [1.165, 1.54) is 0 Å². The fourth-order valence-electron chi connectivity index (χ4n) is 1.80. The Kier molecular flexibility index (Phi) is 3.89. The van der Waals surface area contributed by atoms with Gasteiger partial charge in [-0.1, -0.05) is 6.92 Å². The molecule has 1 aromatic rings. The predicted octanol–water partition coefficient (Wildman–Crippen LogP) is 1.80. The summed E-state index contributed by atoms with van der Waals surface area (Å²) in [5.41, 5.74) is -1.45. The second-order valence-electron chi connectivity index (χ2n) is 4.80. The first-order chi connectivity index (χ1) is 9.61. The first kappa shape index (κ1) is 15.6. The molecule has 1 aliphatic carbocycles. The minimum atomic E-state index is -4.56. The normalized spacial score (nSPS) is 20.9. The van der Waals surface area contributed by atoms with Gasteiger partial charge in [-0.05, 0) is 18.4 Å². The molecule has 2 unspecified atom stereocenters. The summed E-state index contributed by atoms with van der Waals surface area (Å²) in [4.78, 5) is 20.5. The fraction of sp³-hybridized carbons (Fsp3) is 0.364. The van der Waals surface area contributed by atoms with Gasteiger partial charge in [-0.25, -0.2) is 8.42 Å². The second kappa shape index (κ2) is 5.23. The highest BCUT2D eigenvalue weighted by molar-refractivity contribution is 8.13.